The summed E-state index contributed by atoms with van der Waals surface area (Å²) in [6.07, 6.45) is -0.489. The van der Waals surface area contributed by atoms with Crippen molar-refractivity contribution in [2.75, 3.05) is 24.6 Å². The molecule has 126 valence electrons. The van der Waals surface area contributed by atoms with Gasteiger partial charge in [-0.3, -0.25) is 4.79 Å². The maximum absolute atomic E-state index is 14.0. The lowest BCUT2D eigenvalue weighted by atomic mass is 10.0. The Balaban J connectivity index is 1.90. The standard InChI is InChI=1S/C18H16F3NO2/c1-11(23)18-14(20)3-2-4-16(18)22-7-8-24-17(10-22)12-5-6-13(19)15(21)9-12/h2-6,9,17H,7-8,10H2,1H3/t17-/m1/s1. The van der Waals surface area contributed by atoms with Gasteiger partial charge in [0.05, 0.1) is 17.9 Å². The summed E-state index contributed by atoms with van der Waals surface area (Å²) in [4.78, 5) is 13.6. The van der Waals surface area contributed by atoms with Gasteiger partial charge in [-0.05, 0) is 36.8 Å². The summed E-state index contributed by atoms with van der Waals surface area (Å²) in [7, 11) is 0. The number of halogens is 3. The molecule has 0 aliphatic carbocycles. The maximum atomic E-state index is 14.0. The lowest BCUT2D eigenvalue weighted by Crippen LogP contribution is -2.39. The van der Waals surface area contributed by atoms with Gasteiger partial charge >= 0.3 is 0 Å². The van der Waals surface area contributed by atoms with Crippen molar-refractivity contribution in [3.05, 3.63) is 65.0 Å². The van der Waals surface area contributed by atoms with E-state index >= 15 is 0 Å². The zero-order chi connectivity index (χ0) is 17.3. The Hall–Kier alpha value is -2.34. The fourth-order valence-electron chi connectivity index (χ4n) is 2.91. The van der Waals surface area contributed by atoms with Gasteiger partial charge in [0, 0.05) is 13.1 Å². The molecule has 3 nitrogen and oxygen atoms in total. The van der Waals surface area contributed by atoms with Crippen molar-refractivity contribution in [3.8, 4) is 0 Å². The SMILES string of the molecule is CC(=O)c1c(F)cccc1N1CCO[C@@H](c2ccc(F)c(F)c2)C1. The third-order valence-electron chi connectivity index (χ3n) is 4.07. The van der Waals surface area contributed by atoms with Gasteiger partial charge in [0.25, 0.3) is 0 Å². The third-order valence-corrected chi connectivity index (χ3v) is 4.07. The van der Waals surface area contributed by atoms with E-state index in [4.69, 9.17) is 4.74 Å². The molecule has 6 heteroatoms. The highest BCUT2D eigenvalue weighted by molar-refractivity contribution is 6.00. The average molecular weight is 335 g/mol. The highest BCUT2D eigenvalue weighted by Crippen LogP contribution is 2.30. The minimum Gasteiger partial charge on any atom is -0.370 e. The van der Waals surface area contributed by atoms with Gasteiger partial charge in [-0.15, -0.1) is 0 Å². The molecule has 3 rings (SSSR count). The predicted molar refractivity (Wildman–Crippen MR) is 83.7 cm³/mol. The lowest BCUT2D eigenvalue weighted by molar-refractivity contribution is 0.0394. The van der Waals surface area contributed by atoms with Crippen LogP contribution in [0, 0.1) is 17.5 Å². The molecule has 1 atom stereocenters. The van der Waals surface area contributed by atoms with Gasteiger partial charge in [0.2, 0.25) is 0 Å². The van der Waals surface area contributed by atoms with Crippen LogP contribution in [-0.4, -0.2) is 25.5 Å². The monoisotopic (exact) mass is 335 g/mol. The molecular weight excluding hydrogens is 319 g/mol. The van der Waals surface area contributed by atoms with E-state index in [9.17, 15) is 18.0 Å². The molecule has 0 N–H and O–H groups in total. The van der Waals surface area contributed by atoms with Gasteiger partial charge in [0.15, 0.2) is 17.4 Å². The molecule has 1 fully saturated rings. The Morgan fingerprint density at radius 2 is 1.92 bits per heavy atom. The molecule has 1 heterocycles. The second-order valence-electron chi connectivity index (χ2n) is 5.67. The quantitative estimate of drug-likeness (QED) is 0.797. The third kappa shape index (κ3) is 3.14. The van der Waals surface area contributed by atoms with Crippen molar-refractivity contribution in [2.24, 2.45) is 0 Å². The molecule has 1 saturated heterocycles. The molecule has 2 aromatic rings. The number of morpholine rings is 1. The molecule has 0 bridgehead atoms. The first-order valence-electron chi connectivity index (χ1n) is 7.58. The van der Waals surface area contributed by atoms with Crippen LogP contribution < -0.4 is 4.90 Å². The summed E-state index contributed by atoms with van der Waals surface area (Å²) < 4.78 is 46.2. The van der Waals surface area contributed by atoms with Crippen LogP contribution in [0.4, 0.5) is 18.9 Å². The van der Waals surface area contributed by atoms with Crippen LogP contribution in [0.5, 0.6) is 0 Å². The molecular formula is C18H16F3NO2. The number of hydrogen-bond donors (Lipinski definition) is 0. The molecule has 0 radical (unpaired) electrons. The summed E-state index contributed by atoms with van der Waals surface area (Å²) >= 11 is 0. The summed E-state index contributed by atoms with van der Waals surface area (Å²) in [5.74, 6) is -2.80. The largest absolute Gasteiger partial charge is 0.370 e. The average Bonchev–Trinajstić information content (AvgIpc) is 2.57. The minimum absolute atomic E-state index is 0.0310. The first kappa shape index (κ1) is 16.5. The van der Waals surface area contributed by atoms with E-state index in [-0.39, 0.29) is 11.3 Å². The summed E-state index contributed by atoms with van der Waals surface area (Å²) in [6.45, 7) is 2.44. The second-order valence-corrected chi connectivity index (χ2v) is 5.67. The van der Waals surface area contributed by atoms with Crippen LogP contribution in [0.1, 0.15) is 28.9 Å². The zero-order valence-electron chi connectivity index (χ0n) is 13.1. The van der Waals surface area contributed by atoms with E-state index < -0.39 is 23.6 Å². The number of ketones is 1. The van der Waals surface area contributed by atoms with Crippen molar-refractivity contribution in [3.63, 3.8) is 0 Å². The minimum atomic E-state index is -0.941. The summed E-state index contributed by atoms with van der Waals surface area (Å²) in [5, 5.41) is 0. The Morgan fingerprint density at radius 3 is 2.62 bits per heavy atom. The number of anilines is 1. The molecule has 1 aliphatic rings. The van der Waals surface area contributed by atoms with Gasteiger partial charge in [0.1, 0.15) is 11.9 Å². The number of ether oxygens (including phenoxy) is 1. The van der Waals surface area contributed by atoms with Crippen LogP contribution in [0.3, 0.4) is 0 Å². The first-order valence-corrected chi connectivity index (χ1v) is 7.58. The predicted octanol–water partition coefficient (Wildman–Crippen LogP) is 3.88. The zero-order valence-corrected chi connectivity index (χ0v) is 13.1. The van der Waals surface area contributed by atoms with Crippen molar-refractivity contribution in [1.82, 2.24) is 0 Å². The van der Waals surface area contributed by atoms with Crippen LogP contribution in [-0.2, 0) is 4.74 Å². The molecule has 0 amide bonds. The van der Waals surface area contributed by atoms with Crippen molar-refractivity contribution in [2.45, 2.75) is 13.0 Å². The Kier molecular flexibility index (Phi) is 4.57. The fourth-order valence-corrected chi connectivity index (χ4v) is 2.91. The van der Waals surface area contributed by atoms with Gasteiger partial charge in [-0.2, -0.15) is 0 Å². The van der Waals surface area contributed by atoms with Crippen LogP contribution in [0.2, 0.25) is 0 Å². The molecule has 0 aromatic heterocycles. The van der Waals surface area contributed by atoms with E-state index in [2.05, 4.69) is 0 Å². The normalized spacial score (nSPS) is 17.8. The molecule has 1 aliphatic heterocycles. The number of Topliss-reactive ketones (excluding diaryl/α,β-unsaturated/α-hetero) is 1. The van der Waals surface area contributed by atoms with Gasteiger partial charge in [-0.1, -0.05) is 12.1 Å². The lowest BCUT2D eigenvalue weighted by Gasteiger charge is -2.35. The number of rotatable bonds is 3. The number of benzene rings is 2. The van der Waals surface area contributed by atoms with E-state index in [1.807, 2.05) is 4.90 Å². The van der Waals surface area contributed by atoms with E-state index in [0.29, 0.717) is 30.9 Å². The molecule has 2 aromatic carbocycles. The van der Waals surface area contributed by atoms with Crippen LogP contribution in [0.25, 0.3) is 0 Å². The van der Waals surface area contributed by atoms with E-state index in [1.165, 1.54) is 19.1 Å². The summed E-state index contributed by atoms with van der Waals surface area (Å²) in [6, 6.07) is 8.07. The van der Waals surface area contributed by atoms with Crippen LogP contribution >= 0.6 is 0 Å². The molecule has 24 heavy (non-hydrogen) atoms. The number of hydrogen-bond acceptors (Lipinski definition) is 3. The topological polar surface area (TPSA) is 29.5 Å². The maximum Gasteiger partial charge on any atom is 0.164 e. The van der Waals surface area contributed by atoms with E-state index in [1.54, 1.807) is 12.1 Å². The van der Waals surface area contributed by atoms with Crippen molar-refractivity contribution >= 4 is 11.5 Å². The summed E-state index contributed by atoms with van der Waals surface area (Å²) in [5.41, 5.74) is 1.01. The molecule has 0 spiro atoms. The highest BCUT2D eigenvalue weighted by atomic mass is 19.2. The highest BCUT2D eigenvalue weighted by Gasteiger charge is 2.26. The molecule has 0 saturated carbocycles. The number of carbonyl (C=O) groups excluding carboxylic acids is 1. The van der Waals surface area contributed by atoms with Crippen LogP contribution in [0.15, 0.2) is 36.4 Å². The molecule has 0 unspecified atom stereocenters. The smallest absolute Gasteiger partial charge is 0.164 e. The Morgan fingerprint density at radius 1 is 1.12 bits per heavy atom. The van der Waals surface area contributed by atoms with E-state index in [0.717, 1.165) is 12.1 Å². The number of nitrogens with zero attached hydrogens (tertiary/aromatic N) is 1. The number of carbonyl (C=O) groups is 1. The van der Waals surface area contributed by atoms with Crippen molar-refractivity contribution < 1.29 is 22.7 Å². The first-order chi connectivity index (χ1) is 11.5. The fraction of sp³-hybridized carbons (Fsp3) is 0.278. The second kappa shape index (κ2) is 6.65. The Labute approximate surface area is 137 Å². The Bertz CT molecular complexity index is 779. The van der Waals surface area contributed by atoms with Gasteiger partial charge < -0.3 is 9.64 Å². The van der Waals surface area contributed by atoms with Gasteiger partial charge in [-0.25, -0.2) is 13.2 Å². The van der Waals surface area contributed by atoms with Crippen molar-refractivity contribution in [1.29, 1.82) is 0 Å².